The van der Waals surface area contributed by atoms with Gasteiger partial charge < -0.3 is 0 Å². The molecule has 0 saturated heterocycles. The highest BCUT2D eigenvalue weighted by atomic mass is 32.2. The molecule has 0 saturated carbocycles. The molecule has 1 rings (SSSR count). The predicted octanol–water partition coefficient (Wildman–Crippen LogP) is 1.75. The highest BCUT2D eigenvalue weighted by Gasteiger charge is 1.94. The Morgan fingerprint density at radius 1 is 1.45 bits per heavy atom. The van der Waals surface area contributed by atoms with Crippen molar-refractivity contribution in [3.8, 4) is 0 Å². The van der Waals surface area contributed by atoms with Crippen molar-refractivity contribution in [1.82, 2.24) is 4.72 Å². The van der Waals surface area contributed by atoms with E-state index in [2.05, 4.69) is 4.72 Å². The highest BCUT2D eigenvalue weighted by Crippen LogP contribution is 2.17. The van der Waals surface area contributed by atoms with Gasteiger partial charge in [0.15, 0.2) is 0 Å². The molecule has 2 nitrogen and oxygen atoms in total. The van der Waals surface area contributed by atoms with Crippen LogP contribution in [-0.2, 0) is 4.79 Å². The van der Waals surface area contributed by atoms with Crippen LogP contribution in [0.15, 0.2) is 29.2 Å². The molecule has 0 fully saturated rings. The lowest BCUT2D eigenvalue weighted by Gasteiger charge is -2.01. The van der Waals surface area contributed by atoms with Gasteiger partial charge in [-0.2, -0.15) is 0 Å². The number of hydrogen-bond donors (Lipinski definition) is 1. The van der Waals surface area contributed by atoms with Gasteiger partial charge in [-0.05, 0) is 30.5 Å². The number of amides is 1. The summed E-state index contributed by atoms with van der Waals surface area (Å²) >= 11 is 1.33. The lowest BCUT2D eigenvalue weighted by molar-refractivity contribution is -0.107. The third-order valence-electron chi connectivity index (χ3n) is 1.31. The molecular formula is C8H9NOS. The van der Waals surface area contributed by atoms with Crippen LogP contribution < -0.4 is 4.72 Å². The van der Waals surface area contributed by atoms with Gasteiger partial charge in [-0.25, -0.2) is 0 Å². The smallest absolute Gasteiger partial charge is 0.217 e. The molecule has 3 heteroatoms. The van der Waals surface area contributed by atoms with Crippen LogP contribution >= 0.6 is 11.9 Å². The van der Waals surface area contributed by atoms with Crippen LogP contribution in [0.2, 0.25) is 0 Å². The van der Waals surface area contributed by atoms with E-state index in [-0.39, 0.29) is 0 Å². The summed E-state index contributed by atoms with van der Waals surface area (Å²) in [5.41, 5.74) is 1.17. The average molecular weight is 167 g/mol. The number of carbonyl (C=O) groups excluding carboxylic acids is 1. The van der Waals surface area contributed by atoms with E-state index >= 15 is 0 Å². The summed E-state index contributed by atoms with van der Waals surface area (Å²) in [4.78, 5) is 11.0. The molecule has 58 valence electrons. The van der Waals surface area contributed by atoms with E-state index in [4.69, 9.17) is 0 Å². The monoisotopic (exact) mass is 167 g/mol. The van der Waals surface area contributed by atoms with Crippen LogP contribution in [0, 0.1) is 6.92 Å². The lowest BCUT2D eigenvalue weighted by atomic mass is 10.2. The molecule has 1 N–H and O–H groups in total. The molecule has 0 aliphatic carbocycles. The van der Waals surface area contributed by atoms with Gasteiger partial charge in [-0.15, -0.1) is 0 Å². The summed E-state index contributed by atoms with van der Waals surface area (Å²) in [6.07, 6.45) is 0.678. The minimum absolute atomic E-state index is 0.678. The highest BCUT2D eigenvalue weighted by molar-refractivity contribution is 7.98. The third kappa shape index (κ3) is 2.27. The summed E-state index contributed by atoms with van der Waals surface area (Å²) in [7, 11) is 0. The van der Waals surface area contributed by atoms with E-state index in [0.29, 0.717) is 6.41 Å². The second-order valence-electron chi connectivity index (χ2n) is 2.10. The predicted molar refractivity (Wildman–Crippen MR) is 46.2 cm³/mol. The first-order valence-electron chi connectivity index (χ1n) is 3.26. The van der Waals surface area contributed by atoms with Crippen molar-refractivity contribution in [2.24, 2.45) is 0 Å². The first-order chi connectivity index (χ1) is 5.34. The molecule has 11 heavy (non-hydrogen) atoms. The Morgan fingerprint density at radius 2 is 2.18 bits per heavy atom. The molecule has 0 radical (unpaired) electrons. The largest absolute Gasteiger partial charge is 0.299 e. The number of benzene rings is 1. The van der Waals surface area contributed by atoms with E-state index in [9.17, 15) is 4.79 Å². The van der Waals surface area contributed by atoms with Crippen LogP contribution in [0.5, 0.6) is 0 Å². The van der Waals surface area contributed by atoms with E-state index in [0.717, 1.165) is 4.90 Å². The summed E-state index contributed by atoms with van der Waals surface area (Å²) in [6, 6.07) is 7.90. The van der Waals surface area contributed by atoms with Crippen molar-refractivity contribution in [3.05, 3.63) is 29.8 Å². The number of aryl methyl sites for hydroxylation is 1. The molecular weight excluding hydrogens is 158 g/mol. The Labute approximate surface area is 70.1 Å². The maximum Gasteiger partial charge on any atom is 0.217 e. The quantitative estimate of drug-likeness (QED) is 0.549. The van der Waals surface area contributed by atoms with Gasteiger partial charge in [0.2, 0.25) is 6.41 Å². The summed E-state index contributed by atoms with van der Waals surface area (Å²) in [5.74, 6) is 0. The normalized spacial score (nSPS) is 9.18. The Bertz CT molecular complexity index is 250. The fraction of sp³-hybridized carbons (Fsp3) is 0.125. The zero-order valence-corrected chi connectivity index (χ0v) is 7.02. The van der Waals surface area contributed by atoms with E-state index in [1.807, 2.05) is 31.2 Å². The van der Waals surface area contributed by atoms with Crippen LogP contribution in [0.4, 0.5) is 0 Å². The summed E-state index contributed by atoms with van der Waals surface area (Å²) < 4.78 is 2.54. The lowest BCUT2D eigenvalue weighted by Crippen LogP contribution is -1.97. The number of hydrogen-bond acceptors (Lipinski definition) is 2. The zero-order chi connectivity index (χ0) is 8.10. The SMILES string of the molecule is Cc1ccccc1SNC=O. The summed E-state index contributed by atoms with van der Waals surface area (Å²) in [6.45, 7) is 2.01. The standard InChI is InChI=1S/C8H9NOS/c1-7-4-2-3-5-8(7)11-9-6-10/h2-6H,1H3,(H,9,10). The second kappa shape index (κ2) is 4.03. The Kier molecular flexibility index (Phi) is 2.98. The molecule has 0 aromatic heterocycles. The van der Waals surface area contributed by atoms with Gasteiger partial charge in [-0.3, -0.25) is 9.52 Å². The van der Waals surface area contributed by atoms with Gasteiger partial charge in [0.1, 0.15) is 0 Å². The second-order valence-corrected chi connectivity index (χ2v) is 2.98. The van der Waals surface area contributed by atoms with E-state index < -0.39 is 0 Å². The molecule has 1 amide bonds. The molecule has 0 spiro atoms. The summed E-state index contributed by atoms with van der Waals surface area (Å²) in [5, 5.41) is 0. The number of carbonyl (C=O) groups is 1. The first-order valence-corrected chi connectivity index (χ1v) is 4.08. The fourth-order valence-electron chi connectivity index (χ4n) is 0.758. The van der Waals surface area contributed by atoms with Crippen LogP contribution in [0.1, 0.15) is 5.56 Å². The van der Waals surface area contributed by atoms with Crippen molar-refractivity contribution in [3.63, 3.8) is 0 Å². The first kappa shape index (κ1) is 8.14. The third-order valence-corrected chi connectivity index (χ3v) is 2.20. The molecule has 1 aromatic carbocycles. The van der Waals surface area contributed by atoms with Gasteiger partial charge in [-0.1, -0.05) is 18.2 Å². The zero-order valence-electron chi connectivity index (χ0n) is 6.20. The minimum Gasteiger partial charge on any atom is -0.299 e. The molecule has 0 bridgehead atoms. The van der Waals surface area contributed by atoms with Crippen LogP contribution in [0.25, 0.3) is 0 Å². The molecule has 0 atom stereocenters. The topological polar surface area (TPSA) is 29.1 Å². The minimum atomic E-state index is 0.678. The van der Waals surface area contributed by atoms with Crippen molar-refractivity contribution in [2.75, 3.05) is 0 Å². The van der Waals surface area contributed by atoms with Gasteiger partial charge >= 0.3 is 0 Å². The Balaban J connectivity index is 2.69. The Hall–Kier alpha value is -0.960. The van der Waals surface area contributed by atoms with Crippen molar-refractivity contribution in [1.29, 1.82) is 0 Å². The van der Waals surface area contributed by atoms with E-state index in [1.54, 1.807) is 0 Å². The van der Waals surface area contributed by atoms with Crippen LogP contribution in [0.3, 0.4) is 0 Å². The van der Waals surface area contributed by atoms with E-state index in [1.165, 1.54) is 17.5 Å². The van der Waals surface area contributed by atoms with Crippen molar-refractivity contribution < 1.29 is 4.79 Å². The fourth-order valence-corrected chi connectivity index (χ4v) is 1.31. The molecule has 0 heterocycles. The molecule has 0 aliphatic heterocycles. The maximum absolute atomic E-state index is 9.96. The molecule has 1 aromatic rings. The average Bonchev–Trinajstić information content (AvgIpc) is 2.03. The van der Waals surface area contributed by atoms with Crippen LogP contribution in [-0.4, -0.2) is 6.41 Å². The van der Waals surface area contributed by atoms with Crippen molar-refractivity contribution in [2.45, 2.75) is 11.8 Å². The van der Waals surface area contributed by atoms with Gasteiger partial charge in [0.05, 0.1) is 0 Å². The molecule has 0 aliphatic rings. The van der Waals surface area contributed by atoms with Gasteiger partial charge in [0.25, 0.3) is 0 Å². The Morgan fingerprint density at radius 3 is 2.82 bits per heavy atom. The number of nitrogens with one attached hydrogen (secondary N) is 1. The van der Waals surface area contributed by atoms with Crippen molar-refractivity contribution >= 4 is 18.4 Å². The number of rotatable bonds is 3. The maximum atomic E-state index is 9.96. The molecule has 0 unspecified atom stereocenters. The van der Waals surface area contributed by atoms with Gasteiger partial charge in [0, 0.05) is 4.90 Å².